The lowest BCUT2D eigenvalue weighted by Crippen LogP contribution is -2.36. The molecular weight excluding hydrogens is 326 g/mol. The van der Waals surface area contributed by atoms with Gasteiger partial charge in [-0.05, 0) is 25.1 Å². The zero-order chi connectivity index (χ0) is 16.8. The summed E-state index contributed by atoms with van der Waals surface area (Å²) in [6.45, 7) is 2.38. The van der Waals surface area contributed by atoms with Crippen LogP contribution < -0.4 is 11.2 Å². The molecule has 0 unspecified atom stereocenters. The third kappa shape index (κ3) is 2.15. The largest absolute Gasteiger partial charge is 0.352 e. The van der Waals surface area contributed by atoms with Gasteiger partial charge in [-0.15, -0.1) is 11.3 Å². The molecule has 0 N–H and O–H groups in total. The van der Waals surface area contributed by atoms with E-state index in [1.54, 1.807) is 10.7 Å². The highest BCUT2D eigenvalue weighted by molar-refractivity contribution is 7.21. The topological polar surface area (TPSA) is 82.7 Å². The molecule has 8 heteroatoms. The van der Waals surface area contributed by atoms with Gasteiger partial charge in [0.25, 0.3) is 5.56 Å². The van der Waals surface area contributed by atoms with Gasteiger partial charge in [-0.1, -0.05) is 12.1 Å². The van der Waals surface area contributed by atoms with E-state index in [2.05, 4.69) is 15.1 Å². The molecule has 120 valence electrons. The molecular formula is C16H13N5O2S. The molecule has 1 aromatic carbocycles. The van der Waals surface area contributed by atoms with Crippen molar-refractivity contribution in [3.8, 4) is 22.1 Å². The van der Waals surface area contributed by atoms with E-state index in [0.29, 0.717) is 23.6 Å². The Morgan fingerprint density at radius 3 is 2.71 bits per heavy atom. The molecule has 0 atom stereocenters. The maximum Gasteiger partial charge on any atom is 0.352 e. The molecule has 0 saturated heterocycles. The molecule has 7 nitrogen and oxygen atoms in total. The fourth-order valence-electron chi connectivity index (χ4n) is 2.56. The molecule has 2 aliphatic rings. The van der Waals surface area contributed by atoms with Crippen molar-refractivity contribution < 1.29 is 0 Å². The number of aromatic nitrogens is 5. The monoisotopic (exact) mass is 339 g/mol. The molecule has 2 aliphatic heterocycles. The van der Waals surface area contributed by atoms with Crippen LogP contribution in [0.4, 0.5) is 0 Å². The van der Waals surface area contributed by atoms with Crippen molar-refractivity contribution in [2.24, 2.45) is 7.05 Å². The lowest BCUT2D eigenvalue weighted by Gasteiger charge is -2.13. The predicted molar refractivity (Wildman–Crippen MR) is 92.4 cm³/mol. The van der Waals surface area contributed by atoms with E-state index in [9.17, 15) is 9.59 Å². The quantitative estimate of drug-likeness (QED) is 0.555. The van der Waals surface area contributed by atoms with E-state index >= 15 is 0 Å². The lowest BCUT2D eigenvalue weighted by molar-refractivity contribution is 0.625. The smallest absolute Gasteiger partial charge is 0.268 e. The van der Waals surface area contributed by atoms with Crippen molar-refractivity contribution in [1.82, 2.24) is 24.3 Å². The highest BCUT2D eigenvalue weighted by atomic mass is 32.1. The Hall–Kier alpha value is -2.87. The first-order chi connectivity index (χ1) is 11.6. The maximum atomic E-state index is 12.4. The first-order valence-electron chi connectivity index (χ1n) is 7.43. The van der Waals surface area contributed by atoms with Crippen LogP contribution >= 0.6 is 11.3 Å². The molecule has 2 aromatic rings. The summed E-state index contributed by atoms with van der Waals surface area (Å²) in [5, 5.41) is 5.24. The summed E-state index contributed by atoms with van der Waals surface area (Å²) in [4.78, 5) is 32.8. The third-order valence-electron chi connectivity index (χ3n) is 3.83. The summed E-state index contributed by atoms with van der Waals surface area (Å²) in [6, 6.07) is 9.49. The van der Waals surface area contributed by atoms with Crippen molar-refractivity contribution in [2.45, 2.75) is 13.5 Å². The molecule has 1 aromatic heterocycles. The fraction of sp³-hybridized carbons (Fsp3) is 0.188. The summed E-state index contributed by atoms with van der Waals surface area (Å²) in [5.41, 5.74) is 0.899. The van der Waals surface area contributed by atoms with E-state index in [4.69, 9.17) is 0 Å². The Kier molecular flexibility index (Phi) is 3.27. The summed E-state index contributed by atoms with van der Waals surface area (Å²) in [5.74, 6) is 0.301. The highest BCUT2D eigenvalue weighted by Gasteiger charge is 2.19. The second-order valence-corrected chi connectivity index (χ2v) is 6.36. The lowest BCUT2D eigenvalue weighted by atomic mass is 10.2. The van der Waals surface area contributed by atoms with Gasteiger partial charge in [0.05, 0.1) is 15.8 Å². The van der Waals surface area contributed by atoms with Gasteiger partial charge in [0.1, 0.15) is 10.7 Å². The Bertz CT molecular complexity index is 1120. The van der Waals surface area contributed by atoms with Crippen LogP contribution in [0.25, 0.3) is 32.3 Å². The number of rotatable bonds is 2. The Morgan fingerprint density at radius 1 is 1.17 bits per heavy atom. The minimum atomic E-state index is -0.579. The Morgan fingerprint density at radius 2 is 1.96 bits per heavy atom. The summed E-state index contributed by atoms with van der Waals surface area (Å²) < 4.78 is 3.63. The van der Waals surface area contributed by atoms with E-state index in [1.807, 2.05) is 31.2 Å². The van der Waals surface area contributed by atoms with Crippen molar-refractivity contribution in [1.29, 1.82) is 0 Å². The molecule has 0 amide bonds. The van der Waals surface area contributed by atoms with Gasteiger partial charge >= 0.3 is 5.69 Å². The van der Waals surface area contributed by atoms with Crippen LogP contribution in [0.15, 0.2) is 39.9 Å². The van der Waals surface area contributed by atoms with Crippen LogP contribution in [0.2, 0.25) is 0 Å². The normalized spacial score (nSPS) is 11.4. The van der Waals surface area contributed by atoms with Gasteiger partial charge in [0, 0.05) is 13.6 Å². The van der Waals surface area contributed by atoms with Crippen molar-refractivity contribution in [3.63, 3.8) is 0 Å². The van der Waals surface area contributed by atoms with Gasteiger partial charge in [-0.2, -0.15) is 10.1 Å². The molecule has 0 radical (unpaired) electrons. The molecule has 0 bridgehead atoms. The average Bonchev–Trinajstić information content (AvgIpc) is 3.03. The van der Waals surface area contributed by atoms with Crippen LogP contribution in [-0.4, -0.2) is 24.3 Å². The minimum Gasteiger partial charge on any atom is -0.268 e. The van der Waals surface area contributed by atoms with Crippen molar-refractivity contribution in [2.75, 3.05) is 0 Å². The number of hydrogen-bond donors (Lipinski definition) is 0. The van der Waals surface area contributed by atoms with Crippen LogP contribution in [-0.2, 0) is 13.6 Å². The molecule has 0 saturated carbocycles. The summed E-state index contributed by atoms with van der Waals surface area (Å²) in [6.07, 6.45) is 0. The van der Waals surface area contributed by atoms with E-state index in [0.717, 1.165) is 19.8 Å². The molecule has 0 fully saturated rings. The van der Waals surface area contributed by atoms with Gasteiger partial charge < -0.3 is 0 Å². The number of thiazole rings is 1. The van der Waals surface area contributed by atoms with Gasteiger partial charge in [-0.25, -0.2) is 14.5 Å². The minimum absolute atomic E-state index is 0.301. The van der Waals surface area contributed by atoms with Crippen LogP contribution in [0.3, 0.4) is 0 Å². The van der Waals surface area contributed by atoms with E-state index in [1.165, 1.54) is 18.4 Å². The molecule has 4 rings (SSSR count). The first-order valence-corrected chi connectivity index (χ1v) is 8.25. The van der Waals surface area contributed by atoms with Crippen LogP contribution in [0.1, 0.15) is 6.92 Å². The number of fused-ring (bicyclic) bond motifs is 2. The second kappa shape index (κ2) is 5.34. The number of para-hydroxylation sites is 1. The molecule has 0 spiro atoms. The number of nitrogens with zero attached hydrogens (tertiary/aromatic N) is 5. The van der Waals surface area contributed by atoms with Gasteiger partial charge in [-0.3, -0.25) is 9.36 Å². The molecule has 0 aliphatic carbocycles. The van der Waals surface area contributed by atoms with E-state index < -0.39 is 5.69 Å². The highest BCUT2D eigenvalue weighted by Crippen LogP contribution is 2.30. The fourth-order valence-corrected chi connectivity index (χ4v) is 3.48. The second-order valence-electron chi connectivity index (χ2n) is 5.33. The zero-order valence-corrected chi connectivity index (χ0v) is 13.9. The van der Waals surface area contributed by atoms with Gasteiger partial charge in [0.2, 0.25) is 0 Å². The van der Waals surface area contributed by atoms with Crippen molar-refractivity contribution >= 4 is 21.6 Å². The Labute approximate surface area is 140 Å². The molecule has 3 heterocycles. The third-order valence-corrected chi connectivity index (χ3v) is 4.89. The summed E-state index contributed by atoms with van der Waals surface area (Å²) >= 11 is 1.51. The van der Waals surface area contributed by atoms with Crippen LogP contribution in [0, 0.1) is 0 Å². The van der Waals surface area contributed by atoms with E-state index in [-0.39, 0.29) is 5.56 Å². The summed E-state index contributed by atoms with van der Waals surface area (Å²) in [7, 11) is 1.42. The predicted octanol–water partition coefficient (Wildman–Crippen LogP) is 1.74. The van der Waals surface area contributed by atoms with Gasteiger partial charge in [0.15, 0.2) is 5.82 Å². The first kappa shape index (κ1) is 14.7. The number of benzene rings is 1. The molecule has 24 heavy (non-hydrogen) atoms. The maximum absolute atomic E-state index is 12.4. The Balaban J connectivity index is 2.04. The average molecular weight is 339 g/mol. The number of aryl methyl sites for hydroxylation is 1. The SMILES string of the molecule is CCn1nc(-c2nc3ccccc3s2)cc2c(=O)n(C)c(=O)nc1-2. The standard InChI is InChI=1S/C16H13N5O2S/c1-3-21-13-9(15(22)20(2)16(23)18-13)8-11(19-21)14-17-10-6-4-5-7-12(10)24-14/h4-8H,3H2,1-2H3. The number of hydrogen-bond acceptors (Lipinski definition) is 6. The zero-order valence-electron chi connectivity index (χ0n) is 13.1. The van der Waals surface area contributed by atoms with Crippen molar-refractivity contribution in [3.05, 3.63) is 51.2 Å². The van der Waals surface area contributed by atoms with Crippen LogP contribution in [0.5, 0.6) is 0 Å².